The van der Waals surface area contributed by atoms with E-state index in [1.54, 1.807) is 19.2 Å². The second-order valence-electron chi connectivity index (χ2n) is 4.96. The zero-order valence-electron chi connectivity index (χ0n) is 10.8. The summed E-state index contributed by atoms with van der Waals surface area (Å²) in [5, 5.41) is 0. The average Bonchev–Trinajstić information content (AvgIpc) is 2.89. The van der Waals surface area contributed by atoms with Gasteiger partial charge in [-0.2, -0.15) is 0 Å². The lowest BCUT2D eigenvalue weighted by atomic mass is 9.93. The maximum atomic E-state index is 14.0. The van der Waals surface area contributed by atoms with Crippen molar-refractivity contribution in [2.24, 2.45) is 11.8 Å². The van der Waals surface area contributed by atoms with Gasteiger partial charge < -0.3 is 4.74 Å². The van der Waals surface area contributed by atoms with Crippen LogP contribution in [0.15, 0.2) is 18.2 Å². The van der Waals surface area contributed by atoms with E-state index in [1.807, 2.05) is 0 Å². The van der Waals surface area contributed by atoms with Crippen LogP contribution in [-0.2, 0) is 0 Å². The molecule has 1 atom stereocenters. The Kier molecular flexibility index (Phi) is 4.55. The topological polar surface area (TPSA) is 47.3 Å². The van der Waals surface area contributed by atoms with Crippen molar-refractivity contribution in [3.8, 4) is 5.75 Å². The van der Waals surface area contributed by atoms with Crippen molar-refractivity contribution in [3.63, 3.8) is 0 Å². The van der Waals surface area contributed by atoms with Gasteiger partial charge in [0.05, 0.1) is 13.2 Å². The van der Waals surface area contributed by atoms with Gasteiger partial charge in [0.1, 0.15) is 11.6 Å². The quantitative estimate of drug-likeness (QED) is 0.625. The van der Waals surface area contributed by atoms with Gasteiger partial charge in [0.25, 0.3) is 0 Å². The molecule has 18 heavy (non-hydrogen) atoms. The smallest absolute Gasteiger partial charge is 0.131 e. The van der Waals surface area contributed by atoms with Gasteiger partial charge >= 0.3 is 0 Å². The molecule has 4 heteroatoms. The fourth-order valence-electron chi connectivity index (χ4n) is 2.88. The molecule has 0 heterocycles. The van der Waals surface area contributed by atoms with Crippen LogP contribution in [0.25, 0.3) is 0 Å². The van der Waals surface area contributed by atoms with Crippen LogP contribution in [0.1, 0.15) is 43.7 Å². The van der Waals surface area contributed by atoms with Crippen LogP contribution in [0.2, 0.25) is 0 Å². The van der Waals surface area contributed by atoms with Gasteiger partial charge in [-0.25, -0.2) is 4.39 Å². The summed E-state index contributed by atoms with van der Waals surface area (Å²) < 4.78 is 19.2. The molecule has 0 amide bonds. The molecule has 0 aliphatic heterocycles. The number of ether oxygens (including phenoxy) is 1. The number of halogens is 1. The van der Waals surface area contributed by atoms with Crippen molar-refractivity contribution in [1.82, 2.24) is 5.43 Å². The summed E-state index contributed by atoms with van der Waals surface area (Å²) >= 11 is 0. The van der Waals surface area contributed by atoms with Gasteiger partial charge in [-0.3, -0.25) is 11.3 Å². The summed E-state index contributed by atoms with van der Waals surface area (Å²) in [7, 11) is 1.56. The summed E-state index contributed by atoms with van der Waals surface area (Å²) in [4.78, 5) is 0. The van der Waals surface area contributed by atoms with E-state index in [2.05, 4.69) is 5.43 Å². The first-order valence-electron chi connectivity index (χ1n) is 6.54. The summed E-state index contributed by atoms with van der Waals surface area (Å²) in [5.74, 6) is 6.55. The van der Waals surface area contributed by atoms with E-state index < -0.39 is 0 Å². The highest BCUT2D eigenvalue weighted by Crippen LogP contribution is 2.36. The maximum absolute atomic E-state index is 14.0. The largest absolute Gasteiger partial charge is 0.496 e. The molecule has 0 saturated heterocycles. The Labute approximate surface area is 107 Å². The fraction of sp³-hybridized carbons (Fsp3) is 0.571. The fourth-order valence-corrected chi connectivity index (χ4v) is 2.88. The first kappa shape index (κ1) is 13.3. The van der Waals surface area contributed by atoms with Crippen molar-refractivity contribution in [2.45, 2.75) is 38.1 Å². The van der Waals surface area contributed by atoms with E-state index in [0.717, 1.165) is 6.42 Å². The zero-order valence-corrected chi connectivity index (χ0v) is 10.8. The summed E-state index contributed by atoms with van der Waals surface area (Å²) in [6, 6.07) is 4.71. The third-order valence-corrected chi connectivity index (χ3v) is 3.83. The van der Waals surface area contributed by atoms with Gasteiger partial charge in [-0.1, -0.05) is 31.7 Å². The number of hydrogen-bond acceptors (Lipinski definition) is 3. The van der Waals surface area contributed by atoms with Crippen LogP contribution in [0.3, 0.4) is 0 Å². The van der Waals surface area contributed by atoms with Crippen LogP contribution in [-0.4, -0.2) is 7.11 Å². The number of hydrazine groups is 1. The first-order chi connectivity index (χ1) is 8.76. The maximum Gasteiger partial charge on any atom is 0.131 e. The summed E-state index contributed by atoms with van der Waals surface area (Å²) in [5.41, 5.74) is 3.29. The Balaban J connectivity index is 2.20. The standard InChI is InChI=1S/C14H21FN2O/c1-18-13-8-4-7-11(15)14(13)12(17-16)9-10-5-2-3-6-10/h4,7-8,10,12,17H,2-3,5-6,9,16H2,1H3. The highest BCUT2D eigenvalue weighted by Gasteiger charge is 2.24. The molecule has 0 bridgehead atoms. The second-order valence-corrected chi connectivity index (χ2v) is 4.96. The van der Waals surface area contributed by atoms with Crippen LogP contribution in [0.4, 0.5) is 4.39 Å². The Morgan fingerprint density at radius 3 is 2.78 bits per heavy atom. The first-order valence-corrected chi connectivity index (χ1v) is 6.54. The molecule has 3 N–H and O–H groups in total. The second kappa shape index (κ2) is 6.16. The minimum absolute atomic E-state index is 0.177. The van der Waals surface area contributed by atoms with Crippen molar-refractivity contribution >= 4 is 0 Å². The number of nitrogens with one attached hydrogen (secondary N) is 1. The van der Waals surface area contributed by atoms with Gasteiger partial charge in [-0.15, -0.1) is 0 Å². The normalized spacial score (nSPS) is 17.9. The predicted molar refractivity (Wildman–Crippen MR) is 69.6 cm³/mol. The lowest BCUT2D eigenvalue weighted by Gasteiger charge is -2.22. The monoisotopic (exact) mass is 252 g/mol. The molecule has 2 rings (SSSR count). The molecule has 0 spiro atoms. The van der Waals surface area contributed by atoms with Crippen molar-refractivity contribution in [3.05, 3.63) is 29.6 Å². The number of nitrogens with two attached hydrogens (primary N) is 1. The van der Waals surface area contributed by atoms with E-state index in [-0.39, 0.29) is 11.9 Å². The molecular weight excluding hydrogens is 231 g/mol. The third kappa shape index (κ3) is 2.82. The molecule has 0 aromatic heterocycles. The molecular formula is C14H21FN2O. The highest BCUT2D eigenvalue weighted by atomic mass is 19.1. The van der Waals surface area contributed by atoms with Gasteiger partial charge in [0.15, 0.2) is 0 Å². The minimum Gasteiger partial charge on any atom is -0.496 e. The lowest BCUT2D eigenvalue weighted by molar-refractivity contribution is 0.359. The Bertz CT molecular complexity index is 391. The van der Waals surface area contributed by atoms with Crippen LogP contribution in [0, 0.1) is 11.7 Å². The lowest BCUT2D eigenvalue weighted by Crippen LogP contribution is -2.30. The summed E-state index contributed by atoms with van der Waals surface area (Å²) in [6.45, 7) is 0. The van der Waals surface area contributed by atoms with E-state index in [4.69, 9.17) is 10.6 Å². The Morgan fingerprint density at radius 1 is 1.44 bits per heavy atom. The summed E-state index contributed by atoms with van der Waals surface area (Å²) in [6.07, 6.45) is 5.85. The molecule has 1 aromatic rings. The van der Waals surface area contributed by atoms with Gasteiger partial charge in [0, 0.05) is 5.56 Å². The molecule has 100 valence electrons. The van der Waals surface area contributed by atoms with E-state index in [0.29, 0.717) is 17.2 Å². The average molecular weight is 252 g/mol. The molecule has 1 aliphatic carbocycles. The zero-order chi connectivity index (χ0) is 13.0. The van der Waals surface area contributed by atoms with Crippen molar-refractivity contribution < 1.29 is 9.13 Å². The third-order valence-electron chi connectivity index (χ3n) is 3.83. The molecule has 0 radical (unpaired) electrons. The van der Waals surface area contributed by atoms with Gasteiger partial charge in [-0.05, 0) is 24.5 Å². The molecule has 1 aromatic carbocycles. The van der Waals surface area contributed by atoms with E-state index in [9.17, 15) is 4.39 Å². The van der Waals surface area contributed by atoms with E-state index >= 15 is 0 Å². The Morgan fingerprint density at radius 2 is 2.17 bits per heavy atom. The number of hydrogen-bond donors (Lipinski definition) is 2. The number of rotatable bonds is 5. The predicted octanol–water partition coefficient (Wildman–Crippen LogP) is 2.92. The van der Waals surface area contributed by atoms with E-state index in [1.165, 1.54) is 31.7 Å². The molecule has 1 aliphatic rings. The molecule has 1 fully saturated rings. The van der Waals surface area contributed by atoms with Crippen molar-refractivity contribution in [1.29, 1.82) is 0 Å². The van der Waals surface area contributed by atoms with Gasteiger partial charge in [0.2, 0.25) is 0 Å². The highest BCUT2D eigenvalue weighted by molar-refractivity contribution is 5.37. The number of methoxy groups -OCH3 is 1. The molecule has 3 nitrogen and oxygen atoms in total. The minimum atomic E-state index is -0.254. The van der Waals surface area contributed by atoms with Crippen LogP contribution in [0.5, 0.6) is 5.75 Å². The Hall–Kier alpha value is -1.13. The molecule has 1 unspecified atom stereocenters. The number of benzene rings is 1. The van der Waals surface area contributed by atoms with Crippen LogP contribution >= 0.6 is 0 Å². The SMILES string of the molecule is COc1cccc(F)c1C(CC1CCCC1)NN. The van der Waals surface area contributed by atoms with Crippen molar-refractivity contribution in [2.75, 3.05) is 7.11 Å². The molecule has 1 saturated carbocycles. The van der Waals surface area contributed by atoms with Crippen LogP contribution < -0.4 is 16.0 Å².